The SMILES string of the molecule is Cc1ccc(C(NC(=O)COc2cccc(C)c2[N+](=O)[O-])c2cccs2)cc1. The Morgan fingerprint density at radius 3 is 2.54 bits per heavy atom. The molecule has 1 atom stereocenters. The van der Waals surface area contributed by atoms with Crippen molar-refractivity contribution in [3.05, 3.63) is 91.7 Å². The molecule has 0 aliphatic carbocycles. The van der Waals surface area contributed by atoms with Gasteiger partial charge in [-0.15, -0.1) is 11.3 Å². The van der Waals surface area contributed by atoms with Crippen LogP contribution < -0.4 is 10.1 Å². The number of ether oxygens (including phenoxy) is 1. The molecule has 0 saturated heterocycles. The molecule has 1 N–H and O–H groups in total. The summed E-state index contributed by atoms with van der Waals surface area (Å²) in [5.41, 5.74) is 2.46. The second-order valence-corrected chi connectivity index (χ2v) is 7.37. The minimum absolute atomic E-state index is 0.0863. The molecule has 0 radical (unpaired) electrons. The number of carbonyl (C=O) groups excluding carboxylic acids is 1. The molecular weight excluding hydrogens is 376 g/mol. The number of thiophene rings is 1. The molecule has 2 aromatic carbocycles. The Morgan fingerprint density at radius 2 is 1.89 bits per heavy atom. The lowest BCUT2D eigenvalue weighted by Crippen LogP contribution is -2.33. The second kappa shape index (κ2) is 8.67. The highest BCUT2D eigenvalue weighted by Crippen LogP contribution is 2.30. The molecule has 0 fully saturated rings. The molecule has 144 valence electrons. The summed E-state index contributed by atoms with van der Waals surface area (Å²) in [5, 5.41) is 16.2. The van der Waals surface area contributed by atoms with Gasteiger partial charge >= 0.3 is 5.69 Å². The fraction of sp³-hybridized carbons (Fsp3) is 0.190. The maximum atomic E-state index is 12.5. The Morgan fingerprint density at radius 1 is 1.14 bits per heavy atom. The van der Waals surface area contributed by atoms with E-state index in [-0.39, 0.29) is 30.0 Å². The number of aryl methyl sites for hydroxylation is 2. The van der Waals surface area contributed by atoms with Gasteiger partial charge in [-0.1, -0.05) is 48.0 Å². The monoisotopic (exact) mass is 396 g/mol. The molecule has 0 aliphatic rings. The molecule has 3 aromatic rings. The molecular formula is C21H20N2O4S. The molecule has 28 heavy (non-hydrogen) atoms. The van der Waals surface area contributed by atoms with E-state index in [1.807, 2.05) is 48.7 Å². The van der Waals surface area contributed by atoms with Crippen LogP contribution in [0.4, 0.5) is 5.69 Å². The third-order valence-corrected chi connectivity index (χ3v) is 5.22. The Bertz CT molecular complexity index is 969. The summed E-state index contributed by atoms with van der Waals surface area (Å²) in [4.78, 5) is 24.3. The van der Waals surface area contributed by atoms with Gasteiger partial charge in [-0.25, -0.2) is 0 Å². The molecule has 0 aliphatic heterocycles. The highest BCUT2D eigenvalue weighted by Gasteiger charge is 2.21. The Hall–Kier alpha value is -3.19. The minimum Gasteiger partial charge on any atom is -0.477 e. The van der Waals surface area contributed by atoms with Gasteiger partial charge in [-0.05, 0) is 36.9 Å². The topological polar surface area (TPSA) is 81.5 Å². The first kappa shape index (κ1) is 19.6. The van der Waals surface area contributed by atoms with Crippen LogP contribution in [-0.4, -0.2) is 17.4 Å². The van der Waals surface area contributed by atoms with Crippen LogP contribution in [-0.2, 0) is 4.79 Å². The van der Waals surface area contributed by atoms with E-state index in [4.69, 9.17) is 4.74 Å². The first-order valence-electron chi connectivity index (χ1n) is 8.72. The number of hydrogen-bond donors (Lipinski definition) is 1. The quantitative estimate of drug-likeness (QED) is 0.469. The summed E-state index contributed by atoms with van der Waals surface area (Å²) in [6.45, 7) is 3.33. The summed E-state index contributed by atoms with van der Waals surface area (Å²) in [7, 11) is 0. The summed E-state index contributed by atoms with van der Waals surface area (Å²) < 4.78 is 5.46. The van der Waals surface area contributed by atoms with E-state index < -0.39 is 4.92 Å². The number of nitrogens with zero attached hydrogens (tertiary/aromatic N) is 1. The standard InChI is InChI=1S/C21H20N2O4S/c1-14-8-10-16(11-9-14)20(18-7-4-12-28-18)22-19(24)13-27-17-6-3-5-15(2)21(17)23(25)26/h3-12,20H,13H2,1-2H3,(H,22,24). The van der Waals surface area contributed by atoms with Gasteiger partial charge < -0.3 is 10.1 Å². The van der Waals surface area contributed by atoms with Crippen molar-refractivity contribution < 1.29 is 14.5 Å². The lowest BCUT2D eigenvalue weighted by atomic mass is 10.0. The van der Waals surface area contributed by atoms with Gasteiger partial charge in [0.1, 0.15) is 0 Å². The number of nitro groups is 1. The summed E-state index contributed by atoms with van der Waals surface area (Å²) in [6.07, 6.45) is 0. The summed E-state index contributed by atoms with van der Waals surface area (Å²) >= 11 is 1.55. The van der Waals surface area contributed by atoms with Crippen molar-refractivity contribution >= 4 is 22.9 Å². The molecule has 1 amide bonds. The van der Waals surface area contributed by atoms with Gasteiger partial charge in [-0.3, -0.25) is 14.9 Å². The zero-order chi connectivity index (χ0) is 20.1. The van der Waals surface area contributed by atoms with E-state index in [1.165, 1.54) is 6.07 Å². The molecule has 0 saturated carbocycles. The van der Waals surface area contributed by atoms with Crippen LogP contribution >= 0.6 is 11.3 Å². The summed E-state index contributed by atoms with van der Waals surface area (Å²) in [5.74, 6) is -0.266. The van der Waals surface area contributed by atoms with E-state index in [9.17, 15) is 14.9 Å². The van der Waals surface area contributed by atoms with Crippen LogP contribution in [0.3, 0.4) is 0 Å². The van der Waals surface area contributed by atoms with E-state index in [1.54, 1.807) is 30.4 Å². The summed E-state index contributed by atoms with van der Waals surface area (Å²) in [6, 6.07) is 16.3. The number of amides is 1. The number of rotatable bonds is 7. The van der Waals surface area contributed by atoms with E-state index in [0.717, 1.165) is 16.0 Å². The average Bonchev–Trinajstić information content (AvgIpc) is 3.19. The fourth-order valence-corrected chi connectivity index (χ4v) is 3.66. The van der Waals surface area contributed by atoms with Crippen molar-refractivity contribution in [3.8, 4) is 5.75 Å². The van der Waals surface area contributed by atoms with Crippen molar-refractivity contribution in [2.75, 3.05) is 6.61 Å². The van der Waals surface area contributed by atoms with Gasteiger partial charge in [0.2, 0.25) is 0 Å². The normalized spacial score (nSPS) is 11.6. The number of nitrogens with one attached hydrogen (secondary N) is 1. The van der Waals surface area contributed by atoms with Gasteiger partial charge in [0, 0.05) is 10.4 Å². The van der Waals surface area contributed by atoms with Gasteiger partial charge in [0.25, 0.3) is 5.91 Å². The lowest BCUT2D eigenvalue weighted by Gasteiger charge is -2.18. The number of benzene rings is 2. The van der Waals surface area contributed by atoms with Crippen LogP contribution in [0.5, 0.6) is 5.75 Å². The lowest BCUT2D eigenvalue weighted by molar-refractivity contribution is -0.386. The molecule has 0 spiro atoms. The smallest absolute Gasteiger partial charge is 0.313 e. The number of carbonyl (C=O) groups is 1. The molecule has 1 heterocycles. The number of para-hydroxylation sites is 1. The van der Waals surface area contributed by atoms with Crippen LogP contribution in [0.2, 0.25) is 0 Å². The Labute approximate surface area is 166 Å². The molecule has 0 bridgehead atoms. The van der Waals surface area contributed by atoms with Crippen molar-refractivity contribution in [2.24, 2.45) is 0 Å². The van der Waals surface area contributed by atoms with Crippen LogP contribution in [0.15, 0.2) is 60.0 Å². The minimum atomic E-state index is -0.497. The van der Waals surface area contributed by atoms with Crippen LogP contribution in [0, 0.1) is 24.0 Å². The fourth-order valence-electron chi connectivity index (χ4n) is 2.86. The first-order valence-corrected chi connectivity index (χ1v) is 9.60. The zero-order valence-electron chi connectivity index (χ0n) is 15.5. The average molecular weight is 396 g/mol. The first-order chi connectivity index (χ1) is 13.5. The maximum absolute atomic E-state index is 12.5. The molecule has 7 heteroatoms. The van der Waals surface area contributed by atoms with Crippen LogP contribution in [0.1, 0.15) is 27.6 Å². The number of hydrogen-bond acceptors (Lipinski definition) is 5. The van der Waals surface area contributed by atoms with E-state index >= 15 is 0 Å². The molecule has 6 nitrogen and oxygen atoms in total. The van der Waals surface area contributed by atoms with Gasteiger partial charge in [-0.2, -0.15) is 0 Å². The van der Waals surface area contributed by atoms with Crippen molar-refractivity contribution in [3.63, 3.8) is 0 Å². The highest BCUT2D eigenvalue weighted by atomic mass is 32.1. The van der Waals surface area contributed by atoms with E-state index in [2.05, 4.69) is 5.32 Å². The Balaban J connectivity index is 1.74. The zero-order valence-corrected chi connectivity index (χ0v) is 16.4. The third-order valence-electron chi connectivity index (χ3n) is 4.29. The van der Waals surface area contributed by atoms with Crippen molar-refractivity contribution in [1.29, 1.82) is 0 Å². The third kappa shape index (κ3) is 4.55. The van der Waals surface area contributed by atoms with Crippen molar-refractivity contribution in [2.45, 2.75) is 19.9 Å². The predicted molar refractivity (Wildman–Crippen MR) is 109 cm³/mol. The predicted octanol–water partition coefficient (Wildman–Crippen LogP) is 4.56. The number of nitro benzene ring substituents is 1. The van der Waals surface area contributed by atoms with E-state index in [0.29, 0.717) is 5.56 Å². The highest BCUT2D eigenvalue weighted by molar-refractivity contribution is 7.10. The van der Waals surface area contributed by atoms with Gasteiger partial charge in [0.05, 0.1) is 11.0 Å². The molecule has 3 rings (SSSR count). The second-order valence-electron chi connectivity index (χ2n) is 6.39. The van der Waals surface area contributed by atoms with Crippen LogP contribution in [0.25, 0.3) is 0 Å². The molecule has 1 aromatic heterocycles. The van der Waals surface area contributed by atoms with Crippen molar-refractivity contribution in [1.82, 2.24) is 5.32 Å². The van der Waals surface area contributed by atoms with Gasteiger partial charge in [0.15, 0.2) is 12.4 Å². The Kier molecular flexibility index (Phi) is 6.06. The maximum Gasteiger partial charge on any atom is 0.313 e. The largest absolute Gasteiger partial charge is 0.477 e. The molecule has 1 unspecified atom stereocenters.